The lowest BCUT2D eigenvalue weighted by Gasteiger charge is -2.32. The SMILES string of the molecule is CO[C@]1(C)CCCNC1. The van der Waals surface area contributed by atoms with E-state index in [1.807, 2.05) is 0 Å². The number of hydrogen-bond donors (Lipinski definition) is 1. The van der Waals surface area contributed by atoms with Crippen LogP contribution in [-0.2, 0) is 4.74 Å². The largest absolute Gasteiger partial charge is 0.377 e. The van der Waals surface area contributed by atoms with Crippen molar-refractivity contribution < 1.29 is 4.74 Å². The molecule has 0 bridgehead atoms. The van der Waals surface area contributed by atoms with Crippen LogP contribution in [0.25, 0.3) is 0 Å². The van der Waals surface area contributed by atoms with Crippen LogP contribution in [0.5, 0.6) is 0 Å². The van der Waals surface area contributed by atoms with Crippen LogP contribution in [-0.4, -0.2) is 25.8 Å². The first-order chi connectivity index (χ1) is 4.27. The number of methoxy groups -OCH3 is 1. The van der Waals surface area contributed by atoms with E-state index >= 15 is 0 Å². The predicted octanol–water partition coefficient (Wildman–Crippen LogP) is 0.775. The second-order valence-corrected chi connectivity index (χ2v) is 2.93. The van der Waals surface area contributed by atoms with Crippen LogP contribution >= 0.6 is 0 Å². The summed E-state index contributed by atoms with van der Waals surface area (Å²) in [6, 6.07) is 0. The fraction of sp³-hybridized carbons (Fsp3) is 1.00. The van der Waals surface area contributed by atoms with Gasteiger partial charge in [0.25, 0.3) is 0 Å². The lowest BCUT2D eigenvalue weighted by Crippen LogP contribution is -2.44. The number of ether oxygens (including phenoxy) is 1. The molecule has 1 atom stereocenters. The van der Waals surface area contributed by atoms with E-state index in [9.17, 15) is 0 Å². The summed E-state index contributed by atoms with van der Waals surface area (Å²) in [6.07, 6.45) is 2.43. The molecule has 0 amide bonds. The molecule has 1 N–H and O–H groups in total. The van der Waals surface area contributed by atoms with E-state index in [-0.39, 0.29) is 5.60 Å². The highest BCUT2D eigenvalue weighted by Crippen LogP contribution is 2.17. The Morgan fingerprint density at radius 3 is 2.67 bits per heavy atom. The lowest BCUT2D eigenvalue weighted by molar-refractivity contribution is -0.0123. The highest BCUT2D eigenvalue weighted by atomic mass is 16.5. The van der Waals surface area contributed by atoms with Gasteiger partial charge in [0.15, 0.2) is 0 Å². The molecular weight excluding hydrogens is 114 g/mol. The van der Waals surface area contributed by atoms with Gasteiger partial charge in [0, 0.05) is 13.7 Å². The Bertz CT molecular complexity index is 86.9. The summed E-state index contributed by atoms with van der Waals surface area (Å²) in [5.74, 6) is 0. The fourth-order valence-corrected chi connectivity index (χ4v) is 1.20. The van der Waals surface area contributed by atoms with Crippen molar-refractivity contribution in [2.75, 3.05) is 20.2 Å². The third-order valence-electron chi connectivity index (χ3n) is 2.05. The summed E-state index contributed by atoms with van der Waals surface area (Å²) in [5, 5.41) is 3.30. The van der Waals surface area contributed by atoms with E-state index in [0.717, 1.165) is 13.1 Å². The number of piperidine rings is 1. The monoisotopic (exact) mass is 129 g/mol. The third kappa shape index (κ3) is 1.66. The molecule has 0 aromatic heterocycles. The van der Waals surface area contributed by atoms with Crippen molar-refractivity contribution in [1.29, 1.82) is 0 Å². The molecule has 0 aromatic carbocycles. The van der Waals surface area contributed by atoms with Gasteiger partial charge in [-0.1, -0.05) is 0 Å². The molecule has 2 nitrogen and oxygen atoms in total. The van der Waals surface area contributed by atoms with Gasteiger partial charge in [-0.15, -0.1) is 0 Å². The maximum absolute atomic E-state index is 5.32. The zero-order chi connectivity index (χ0) is 6.74. The highest BCUT2D eigenvalue weighted by Gasteiger charge is 2.25. The van der Waals surface area contributed by atoms with Crippen molar-refractivity contribution in [1.82, 2.24) is 5.32 Å². The quantitative estimate of drug-likeness (QED) is 0.564. The summed E-state index contributed by atoms with van der Waals surface area (Å²) < 4.78 is 5.32. The first-order valence-electron chi connectivity index (χ1n) is 3.53. The molecule has 1 aliphatic rings. The van der Waals surface area contributed by atoms with Crippen molar-refractivity contribution in [2.45, 2.75) is 25.4 Å². The van der Waals surface area contributed by atoms with Gasteiger partial charge in [-0.25, -0.2) is 0 Å². The molecular formula is C7H15NO. The summed E-state index contributed by atoms with van der Waals surface area (Å²) in [7, 11) is 1.78. The van der Waals surface area contributed by atoms with Crippen LogP contribution in [0.2, 0.25) is 0 Å². The zero-order valence-corrected chi connectivity index (χ0v) is 6.24. The van der Waals surface area contributed by atoms with Crippen molar-refractivity contribution in [3.63, 3.8) is 0 Å². The smallest absolute Gasteiger partial charge is 0.0775 e. The second kappa shape index (κ2) is 2.67. The molecule has 1 aliphatic heterocycles. The van der Waals surface area contributed by atoms with Gasteiger partial charge in [-0.05, 0) is 26.3 Å². The van der Waals surface area contributed by atoms with Crippen LogP contribution in [0.4, 0.5) is 0 Å². The van der Waals surface area contributed by atoms with Crippen molar-refractivity contribution >= 4 is 0 Å². The van der Waals surface area contributed by atoms with Gasteiger partial charge in [0.2, 0.25) is 0 Å². The van der Waals surface area contributed by atoms with Crippen LogP contribution in [0.15, 0.2) is 0 Å². The van der Waals surface area contributed by atoms with Crippen molar-refractivity contribution in [3.05, 3.63) is 0 Å². The fourth-order valence-electron chi connectivity index (χ4n) is 1.20. The Morgan fingerprint density at radius 2 is 2.33 bits per heavy atom. The first-order valence-corrected chi connectivity index (χ1v) is 3.53. The molecule has 0 saturated carbocycles. The Labute approximate surface area is 56.6 Å². The molecule has 1 saturated heterocycles. The topological polar surface area (TPSA) is 21.3 Å². The van der Waals surface area contributed by atoms with Gasteiger partial charge >= 0.3 is 0 Å². The molecule has 1 rings (SSSR count). The van der Waals surface area contributed by atoms with E-state index in [1.54, 1.807) is 7.11 Å². The average molecular weight is 129 g/mol. The average Bonchev–Trinajstić information content (AvgIpc) is 1.90. The lowest BCUT2D eigenvalue weighted by atomic mass is 9.97. The van der Waals surface area contributed by atoms with Gasteiger partial charge in [-0.2, -0.15) is 0 Å². The first kappa shape index (κ1) is 7.03. The molecule has 1 heterocycles. The number of hydrogen-bond acceptors (Lipinski definition) is 2. The number of rotatable bonds is 1. The summed E-state index contributed by atoms with van der Waals surface area (Å²) in [4.78, 5) is 0. The van der Waals surface area contributed by atoms with E-state index < -0.39 is 0 Å². The van der Waals surface area contributed by atoms with E-state index in [1.165, 1.54) is 12.8 Å². The Morgan fingerprint density at radius 1 is 1.56 bits per heavy atom. The summed E-state index contributed by atoms with van der Waals surface area (Å²) in [5.41, 5.74) is 0.109. The molecule has 0 unspecified atom stereocenters. The van der Waals surface area contributed by atoms with Gasteiger partial charge in [0.1, 0.15) is 0 Å². The van der Waals surface area contributed by atoms with Gasteiger partial charge < -0.3 is 10.1 Å². The molecule has 9 heavy (non-hydrogen) atoms. The zero-order valence-electron chi connectivity index (χ0n) is 6.24. The molecule has 0 aromatic rings. The van der Waals surface area contributed by atoms with E-state index in [4.69, 9.17) is 4.74 Å². The minimum atomic E-state index is 0.109. The maximum Gasteiger partial charge on any atom is 0.0775 e. The molecule has 1 fully saturated rings. The van der Waals surface area contributed by atoms with Crippen molar-refractivity contribution in [2.24, 2.45) is 0 Å². The third-order valence-corrected chi connectivity index (χ3v) is 2.05. The van der Waals surface area contributed by atoms with Gasteiger partial charge in [0.05, 0.1) is 5.60 Å². The van der Waals surface area contributed by atoms with Crippen LogP contribution in [0.3, 0.4) is 0 Å². The van der Waals surface area contributed by atoms with E-state index in [2.05, 4.69) is 12.2 Å². The minimum absolute atomic E-state index is 0.109. The minimum Gasteiger partial charge on any atom is -0.377 e. The molecule has 2 heteroatoms. The predicted molar refractivity (Wildman–Crippen MR) is 37.5 cm³/mol. The van der Waals surface area contributed by atoms with Crippen molar-refractivity contribution in [3.8, 4) is 0 Å². The number of nitrogens with one attached hydrogen (secondary N) is 1. The highest BCUT2D eigenvalue weighted by molar-refractivity contribution is 4.81. The Hall–Kier alpha value is -0.0800. The normalized spacial score (nSPS) is 36.7. The van der Waals surface area contributed by atoms with Gasteiger partial charge in [-0.3, -0.25) is 0 Å². The summed E-state index contributed by atoms with van der Waals surface area (Å²) in [6.45, 7) is 4.31. The molecule has 0 spiro atoms. The maximum atomic E-state index is 5.32. The second-order valence-electron chi connectivity index (χ2n) is 2.93. The summed E-state index contributed by atoms with van der Waals surface area (Å²) >= 11 is 0. The molecule has 0 radical (unpaired) electrons. The van der Waals surface area contributed by atoms with Crippen LogP contribution in [0.1, 0.15) is 19.8 Å². The van der Waals surface area contributed by atoms with E-state index in [0.29, 0.717) is 0 Å². The molecule has 0 aliphatic carbocycles. The standard InChI is InChI=1S/C7H15NO/c1-7(9-2)4-3-5-8-6-7/h8H,3-6H2,1-2H3/t7-/m1/s1. The van der Waals surface area contributed by atoms with Crippen LogP contribution in [0, 0.1) is 0 Å². The Kier molecular flexibility index (Phi) is 2.09. The Balaban J connectivity index is 2.37. The van der Waals surface area contributed by atoms with Crippen LogP contribution < -0.4 is 5.32 Å². The molecule has 54 valence electrons.